The van der Waals surface area contributed by atoms with Crippen LogP contribution in [-0.4, -0.2) is 55.0 Å². The van der Waals surface area contributed by atoms with Crippen molar-refractivity contribution in [2.45, 2.75) is 70.8 Å². The summed E-state index contributed by atoms with van der Waals surface area (Å²) >= 11 is 0. The van der Waals surface area contributed by atoms with E-state index in [1.807, 2.05) is 7.05 Å². The molecule has 0 aromatic carbocycles. The lowest BCUT2D eigenvalue weighted by Crippen LogP contribution is -3.00. The summed E-state index contributed by atoms with van der Waals surface area (Å²) in [5.74, 6) is -0.113. The molecule has 0 aliphatic carbocycles. The van der Waals surface area contributed by atoms with Crippen molar-refractivity contribution in [1.82, 2.24) is 0 Å². The lowest BCUT2D eigenvalue weighted by Gasteiger charge is -2.38. The van der Waals surface area contributed by atoms with Gasteiger partial charge in [-0.25, -0.2) is 4.79 Å². The summed E-state index contributed by atoms with van der Waals surface area (Å²) in [7, 11) is 2.04. The third-order valence-electron chi connectivity index (χ3n) is 4.41. The topological polar surface area (TPSA) is 46.5 Å². The predicted molar refractivity (Wildman–Crippen MR) is 85.0 cm³/mol. The third kappa shape index (κ3) is 9.65. The Labute approximate surface area is 142 Å². The zero-order valence-corrected chi connectivity index (χ0v) is 15.1. The van der Waals surface area contributed by atoms with Crippen LogP contribution in [0.15, 0.2) is 0 Å². The highest BCUT2D eigenvalue weighted by molar-refractivity contribution is 5.70. The molecule has 132 valence electrons. The summed E-state index contributed by atoms with van der Waals surface area (Å²) in [6.45, 7) is 4.81. The summed E-state index contributed by atoms with van der Waals surface area (Å²) in [6.07, 6.45) is 10.2. The van der Waals surface area contributed by atoms with E-state index in [0.29, 0.717) is 24.2 Å². The molecule has 4 nitrogen and oxygen atoms in total. The molecule has 1 saturated heterocycles. The summed E-state index contributed by atoms with van der Waals surface area (Å²) < 4.78 is 5.96. The van der Waals surface area contributed by atoms with E-state index in [1.54, 1.807) is 0 Å². The van der Waals surface area contributed by atoms with Crippen molar-refractivity contribution in [2.24, 2.45) is 0 Å². The average Bonchev–Trinajstić information content (AvgIpc) is 2.41. The first-order valence-corrected chi connectivity index (χ1v) is 8.73. The minimum Gasteiger partial charge on any atom is -1.00 e. The highest BCUT2D eigenvalue weighted by atomic mass is 35.5. The Balaban J connectivity index is 0.00000441. The minimum atomic E-state index is -0.264. The van der Waals surface area contributed by atoms with Crippen LogP contribution in [0.25, 0.3) is 0 Å². The van der Waals surface area contributed by atoms with Crippen LogP contribution in [0, 0.1) is 0 Å². The van der Waals surface area contributed by atoms with Gasteiger partial charge < -0.3 is 26.7 Å². The van der Waals surface area contributed by atoms with Crippen LogP contribution in [0.1, 0.15) is 64.7 Å². The molecule has 1 fully saturated rings. The van der Waals surface area contributed by atoms with E-state index >= 15 is 0 Å². The van der Waals surface area contributed by atoms with E-state index in [0.717, 1.165) is 32.2 Å². The second-order valence-electron chi connectivity index (χ2n) is 6.82. The van der Waals surface area contributed by atoms with Crippen molar-refractivity contribution in [1.29, 1.82) is 0 Å². The fourth-order valence-electron chi connectivity index (χ4n) is 3.15. The van der Waals surface area contributed by atoms with Gasteiger partial charge in [0.1, 0.15) is 12.6 Å². The fraction of sp³-hybridized carbons (Fsp3) is 0.941. The number of hydrogen-bond acceptors (Lipinski definition) is 3. The molecule has 0 amide bonds. The maximum Gasteiger partial charge on any atom is 0.361 e. The Morgan fingerprint density at radius 3 is 2.45 bits per heavy atom. The molecule has 0 aromatic rings. The Hall–Kier alpha value is -0.320. The van der Waals surface area contributed by atoms with Gasteiger partial charge in [-0.05, 0) is 19.3 Å². The van der Waals surface area contributed by atoms with Crippen LogP contribution in [0.3, 0.4) is 0 Å². The molecule has 2 unspecified atom stereocenters. The van der Waals surface area contributed by atoms with E-state index in [1.165, 1.54) is 32.1 Å². The second kappa shape index (κ2) is 12.1. The smallest absolute Gasteiger partial charge is 0.361 e. The molecule has 0 bridgehead atoms. The number of likely N-dealkylation sites (N-methyl/N-ethyl adjacent to an activating group) is 1. The van der Waals surface area contributed by atoms with Gasteiger partial charge in [0.15, 0.2) is 6.54 Å². The number of rotatable bonds is 10. The van der Waals surface area contributed by atoms with Crippen LogP contribution in [-0.2, 0) is 9.53 Å². The Kier molecular flexibility index (Phi) is 12.0. The van der Waals surface area contributed by atoms with Gasteiger partial charge in [0.25, 0.3) is 0 Å². The van der Waals surface area contributed by atoms with Crippen molar-refractivity contribution < 1.29 is 31.5 Å². The molecule has 0 spiro atoms. The largest absolute Gasteiger partial charge is 1.00 e. The fourth-order valence-corrected chi connectivity index (χ4v) is 3.15. The van der Waals surface area contributed by atoms with Crippen LogP contribution in [0.4, 0.5) is 0 Å². The molecule has 1 aliphatic rings. The van der Waals surface area contributed by atoms with Crippen LogP contribution >= 0.6 is 0 Å². The standard InChI is InChI=1S/C17H34NO3.ClH/c1-3-4-5-6-7-8-9-13-21-17(20)15-18(2)12-10-11-16(19)14-18;/h16,19H,3-15H2,1-2H3;1H/q+1;/p-1. The molecule has 1 rings (SSSR count). The first kappa shape index (κ1) is 21.7. The van der Waals surface area contributed by atoms with Crippen molar-refractivity contribution in [3.05, 3.63) is 0 Å². The normalized spacial score (nSPS) is 24.6. The van der Waals surface area contributed by atoms with Gasteiger partial charge in [-0.2, -0.15) is 0 Å². The number of ether oxygens (including phenoxy) is 1. The average molecular weight is 336 g/mol. The molecule has 5 heteroatoms. The van der Waals surface area contributed by atoms with E-state index < -0.39 is 0 Å². The zero-order chi connectivity index (χ0) is 15.6. The number of carbonyl (C=O) groups excluding carboxylic acids is 1. The molecule has 1 aliphatic heterocycles. The van der Waals surface area contributed by atoms with E-state index in [-0.39, 0.29) is 24.5 Å². The maximum atomic E-state index is 11.9. The lowest BCUT2D eigenvalue weighted by atomic mass is 10.1. The first-order valence-electron chi connectivity index (χ1n) is 8.73. The third-order valence-corrected chi connectivity index (χ3v) is 4.41. The van der Waals surface area contributed by atoms with Crippen molar-refractivity contribution >= 4 is 5.97 Å². The molecule has 22 heavy (non-hydrogen) atoms. The molecule has 0 radical (unpaired) electrons. The molecule has 1 N–H and O–H groups in total. The number of aliphatic hydroxyl groups is 1. The van der Waals surface area contributed by atoms with Gasteiger partial charge in [0.2, 0.25) is 0 Å². The van der Waals surface area contributed by atoms with Crippen molar-refractivity contribution in [3.8, 4) is 0 Å². The van der Waals surface area contributed by atoms with Gasteiger partial charge in [-0.15, -0.1) is 0 Å². The Bertz CT molecular complexity index is 302. The van der Waals surface area contributed by atoms with E-state index in [9.17, 15) is 9.90 Å². The van der Waals surface area contributed by atoms with Crippen LogP contribution < -0.4 is 12.4 Å². The van der Waals surface area contributed by atoms with E-state index in [4.69, 9.17) is 4.74 Å². The number of nitrogens with zero attached hydrogens (tertiary/aromatic N) is 1. The summed E-state index contributed by atoms with van der Waals surface area (Å²) in [5, 5.41) is 9.72. The molecule has 2 atom stereocenters. The highest BCUT2D eigenvalue weighted by Gasteiger charge is 2.32. The van der Waals surface area contributed by atoms with Crippen molar-refractivity contribution in [3.63, 3.8) is 0 Å². The number of hydrogen-bond donors (Lipinski definition) is 1. The number of quaternary nitrogens is 1. The van der Waals surface area contributed by atoms with Crippen LogP contribution in [0.5, 0.6) is 0 Å². The number of esters is 1. The number of piperidine rings is 1. The highest BCUT2D eigenvalue weighted by Crippen LogP contribution is 2.16. The minimum absolute atomic E-state index is 0. The van der Waals surface area contributed by atoms with Crippen LogP contribution in [0.2, 0.25) is 0 Å². The van der Waals surface area contributed by atoms with Gasteiger partial charge in [-0.1, -0.05) is 45.4 Å². The predicted octanol–water partition coefficient (Wildman–Crippen LogP) is -0.114. The van der Waals surface area contributed by atoms with Gasteiger partial charge in [0, 0.05) is 0 Å². The number of carbonyl (C=O) groups is 1. The molecule has 1 heterocycles. The monoisotopic (exact) mass is 335 g/mol. The number of aliphatic hydroxyl groups excluding tert-OH is 1. The SMILES string of the molecule is CCCCCCCCCOC(=O)C[N+]1(C)CCCC(O)C1.[Cl-]. The molecular weight excluding hydrogens is 302 g/mol. The Morgan fingerprint density at radius 1 is 1.18 bits per heavy atom. The second-order valence-corrected chi connectivity index (χ2v) is 6.82. The van der Waals surface area contributed by atoms with Gasteiger partial charge in [-0.3, -0.25) is 0 Å². The summed E-state index contributed by atoms with van der Waals surface area (Å²) in [4.78, 5) is 11.9. The van der Waals surface area contributed by atoms with E-state index in [2.05, 4.69) is 6.92 Å². The van der Waals surface area contributed by atoms with Gasteiger partial charge in [0.05, 0.1) is 20.2 Å². The number of halogens is 1. The summed E-state index contributed by atoms with van der Waals surface area (Å²) in [6, 6.07) is 0. The zero-order valence-electron chi connectivity index (χ0n) is 14.4. The van der Waals surface area contributed by atoms with Crippen molar-refractivity contribution in [2.75, 3.05) is 33.3 Å². The maximum absolute atomic E-state index is 11.9. The quantitative estimate of drug-likeness (QED) is 0.344. The number of likely N-dealkylation sites (tertiary alicyclic amines) is 1. The lowest BCUT2D eigenvalue weighted by molar-refractivity contribution is -0.910. The van der Waals surface area contributed by atoms with Gasteiger partial charge >= 0.3 is 5.97 Å². The molecular formula is C17H34ClNO3. The Morgan fingerprint density at radius 2 is 1.82 bits per heavy atom. The molecule has 0 aromatic heterocycles. The summed E-state index contributed by atoms with van der Waals surface area (Å²) in [5.41, 5.74) is 0. The molecule has 0 saturated carbocycles. The number of unbranched alkanes of at least 4 members (excludes halogenated alkanes) is 6. The first-order chi connectivity index (χ1) is 10.1.